The molecule has 0 aromatic rings. The zero-order chi connectivity index (χ0) is 12.7. The molecule has 0 aromatic carbocycles. The Hall–Kier alpha value is -0.670. The van der Waals surface area contributed by atoms with Crippen molar-refractivity contribution in [2.24, 2.45) is 17.6 Å². The van der Waals surface area contributed by atoms with E-state index in [0.717, 1.165) is 12.0 Å². The molecular weight excluding hydrogens is 202 g/mol. The molecule has 0 rings (SSSR count). The first-order chi connectivity index (χ1) is 7.36. The highest BCUT2D eigenvalue weighted by molar-refractivity contribution is 5.90. The van der Waals surface area contributed by atoms with Crippen molar-refractivity contribution in [2.45, 2.75) is 53.2 Å². The smallest absolute Gasteiger partial charge is 0.155 e. The molecule has 94 valence electrons. The van der Waals surface area contributed by atoms with E-state index in [4.69, 9.17) is 10.8 Å². The number of hydrogen-bond acceptors (Lipinski definition) is 3. The number of carbonyl (C=O) groups is 1. The van der Waals surface area contributed by atoms with Crippen molar-refractivity contribution in [3.63, 3.8) is 0 Å². The molecule has 3 heteroatoms. The highest BCUT2D eigenvalue weighted by Gasteiger charge is 2.11. The monoisotopic (exact) mass is 227 g/mol. The molecule has 0 aliphatic rings. The van der Waals surface area contributed by atoms with Crippen LogP contribution in [-0.4, -0.2) is 17.1 Å². The summed E-state index contributed by atoms with van der Waals surface area (Å²) in [5, 5.41) is 9.15. The van der Waals surface area contributed by atoms with E-state index in [9.17, 15) is 4.79 Å². The van der Waals surface area contributed by atoms with Crippen molar-refractivity contribution in [1.29, 1.82) is 0 Å². The standard InChI is InChI=1S/C13H25NO2/c1-5-9(2)7-12(15)8-10(3)6-11(4)13(14)16/h8-9,11,13,16H,5-7,14H2,1-4H3/b10-8+. The maximum Gasteiger partial charge on any atom is 0.155 e. The lowest BCUT2D eigenvalue weighted by atomic mass is 9.97. The van der Waals surface area contributed by atoms with Crippen molar-refractivity contribution < 1.29 is 9.90 Å². The summed E-state index contributed by atoms with van der Waals surface area (Å²) < 4.78 is 0. The van der Waals surface area contributed by atoms with Gasteiger partial charge in [-0.05, 0) is 31.3 Å². The van der Waals surface area contributed by atoms with Crippen LogP contribution in [0.25, 0.3) is 0 Å². The van der Waals surface area contributed by atoms with E-state index in [1.165, 1.54) is 0 Å². The van der Waals surface area contributed by atoms with E-state index < -0.39 is 6.23 Å². The maximum absolute atomic E-state index is 11.6. The number of carbonyl (C=O) groups excluding carboxylic acids is 1. The predicted octanol–water partition coefficient (Wildman–Crippen LogP) is 2.24. The summed E-state index contributed by atoms with van der Waals surface area (Å²) in [6, 6.07) is 0. The molecule has 0 aromatic heterocycles. The molecule has 0 heterocycles. The molecule has 0 radical (unpaired) electrons. The molecular formula is C13H25NO2. The van der Waals surface area contributed by atoms with Crippen LogP contribution in [0.4, 0.5) is 0 Å². The van der Waals surface area contributed by atoms with Crippen LogP contribution in [0, 0.1) is 11.8 Å². The van der Waals surface area contributed by atoms with Gasteiger partial charge >= 0.3 is 0 Å². The van der Waals surface area contributed by atoms with Crippen LogP contribution >= 0.6 is 0 Å². The van der Waals surface area contributed by atoms with Gasteiger partial charge in [0.2, 0.25) is 0 Å². The fraction of sp³-hybridized carbons (Fsp3) is 0.769. The molecule has 0 aliphatic carbocycles. The molecule has 16 heavy (non-hydrogen) atoms. The molecule has 3 atom stereocenters. The number of allylic oxidation sites excluding steroid dienone is 2. The number of ketones is 1. The van der Waals surface area contributed by atoms with Gasteiger partial charge in [0.05, 0.1) is 0 Å². The first-order valence-corrected chi connectivity index (χ1v) is 6.00. The van der Waals surface area contributed by atoms with Gasteiger partial charge in [-0.15, -0.1) is 0 Å². The predicted molar refractivity (Wildman–Crippen MR) is 66.8 cm³/mol. The normalized spacial score (nSPS) is 18.0. The quantitative estimate of drug-likeness (QED) is 0.518. The minimum absolute atomic E-state index is 0.00681. The zero-order valence-electron chi connectivity index (χ0n) is 10.9. The van der Waals surface area contributed by atoms with Crippen LogP contribution in [0.5, 0.6) is 0 Å². The van der Waals surface area contributed by atoms with E-state index in [-0.39, 0.29) is 11.7 Å². The molecule has 0 saturated carbocycles. The number of aliphatic hydroxyl groups excluding tert-OH is 1. The fourth-order valence-corrected chi connectivity index (χ4v) is 1.51. The summed E-state index contributed by atoms with van der Waals surface area (Å²) in [6.45, 7) is 7.95. The van der Waals surface area contributed by atoms with Gasteiger partial charge in [-0.2, -0.15) is 0 Å². The minimum Gasteiger partial charge on any atom is -0.379 e. The summed E-state index contributed by atoms with van der Waals surface area (Å²) in [5.74, 6) is 0.604. The molecule has 0 fully saturated rings. The SMILES string of the molecule is CCC(C)CC(=O)/C=C(\C)CC(C)C(N)O. The number of rotatable bonds is 7. The Kier molecular flexibility index (Phi) is 7.26. The lowest BCUT2D eigenvalue weighted by Gasteiger charge is -2.14. The highest BCUT2D eigenvalue weighted by Crippen LogP contribution is 2.14. The topological polar surface area (TPSA) is 63.3 Å². The third-order valence-electron chi connectivity index (χ3n) is 2.88. The zero-order valence-corrected chi connectivity index (χ0v) is 10.9. The molecule has 0 amide bonds. The van der Waals surface area contributed by atoms with Gasteiger partial charge in [0.25, 0.3) is 0 Å². The van der Waals surface area contributed by atoms with E-state index in [1.54, 1.807) is 6.08 Å². The van der Waals surface area contributed by atoms with Crippen LogP contribution in [0.15, 0.2) is 11.6 Å². The van der Waals surface area contributed by atoms with E-state index in [1.807, 2.05) is 13.8 Å². The largest absolute Gasteiger partial charge is 0.379 e. The molecule has 0 aliphatic heterocycles. The first kappa shape index (κ1) is 15.3. The van der Waals surface area contributed by atoms with Gasteiger partial charge in [0, 0.05) is 6.42 Å². The molecule has 0 spiro atoms. The van der Waals surface area contributed by atoms with E-state index >= 15 is 0 Å². The molecule has 3 N–H and O–H groups in total. The first-order valence-electron chi connectivity index (χ1n) is 6.00. The molecule has 0 bridgehead atoms. The van der Waals surface area contributed by atoms with Crippen LogP contribution in [0.3, 0.4) is 0 Å². The molecule has 3 nitrogen and oxygen atoms in total. The van der Waals surface area contributed by atoms with Crippen molar-refractivity contribution >= 4 is 5.78 Å². The average molecular weight is 227 g/mol. The second-order valence-electron chi connectivity index (χ2n) is 4.85. The van der Waals surface area contributed by atoms with Crippen molar-refractivity contribution in [3.8, 4) is 0 Å². The number of hydrogen-bond donors (Lipinski definition) is 2. The van der Waals surface area contributed by atoms with Crippen LogP contribution < -0.4 is 5.73 Å². The summed E-state index contributed by atoms with van der Waals surface area (Å²) in [4.78, 5) is 11.6. The van der Waals surface area contributed by atoms with Crippen molar-refractivity contribution in [2.75, 3.05) is 0 Å². The Balaban J connectivity index is 4.16. The second kappa shape index (κ2) is 7.58. The van der Waals surface area contributed by atoms with Gasteiger partial charge in [0.1, 0.15) is 6.23 Å². The Bertz CT molecular complexity index is 246. The summed E-state index contributed by atoms with van der Waals surface area (Å²) in [6.07, 6.45) is 3.17. The van der Waals surface area contributed by atoms with Gasteiger partial charge in [0.15, 0.2) is 5.78 Å². The Morgan fingerprint density at radius 2 is 1.94 bits per heavy atom. The third kappa shape index (κ3) is 6.75. The Morgan fingerprint density at radius 1 is 1.38 bits per heavy atom. The Morgan fingerprint density at radius 3 is 2.38 bits per heavy atom. The lowest BCUT2D eigenvalue weighted by molar-refractivity contribution is -0.115. The van der Waals surface area contributed by atoms with Gasteiger partial charge in [-0.3, -0.25) is 4.79 Å². The summed E-state index contributed by atoms with van der Waals surface area (Å²) >= 11 is 0. The Labute approximate surface area is 98.7 Å². The molecule has 0 saturated heterocycles. The van der Waals surface area contributed by atoms with Crippen molar-refractivity contribution in [3.05, 3.63) is 11.6 Å². The van der Waals surface area contributed by atoms with Gasteiger partial charge < -0.3 is 10.8 Å². The number of nitrogens with two attached hydrogens (primary N) is 1. The van der Waals surface area contributed by atoms with Crippen LogP contribution in [0.1, 0.15) is 47.0 Å². The summed E-state index contributed by atoms with van der Waals surface area (Å²) in [5.41, 5.74) is 6.35. The third-order valence-corrected chi connectivity index (χ3v) is 2.88. The fourth-order valence-electron chi connectivity index (χ4n) is 1.51. The minimum atomic E-state index is -0.812. The molecule has 3 unspecified atom stereocenters. The summed E-state index contributed by atoms with van der Waals surface area (Å²) in [7, 11) is 0. The van der Waals surface area contributed by atoms with Gasteiger partial charge in [-0.1, -0.05) is 32.8 Å². The van der Waals surface area contributed by atoms with Gasteiger partial charge in [-0.25, -0.2) is 0 Å². The van der Waals surface area contributed by atoms with E-state index in [2.05, 4.69) is 13.8 Å². The highest BCUT2D eigenvalue weighted by atomic mass is 16.3. The second-order valence-corrected chi connectivity index (χ2v) is 4.85. The van der Waals surface area contributed by atoms with Crippen molar-refractivity contribution in [1.82, 2.24) is 0 Å². The van der Waals surface area contributed by atoms with Crippen LogP contribution in [0.2, 0.25) is 0 Å². The maximum atomic E-state index is 11.6. The number of aliphatic hydroxyl groups is 1. The van der Waals surface area contributed by atoms with Crippen LogP contribution in [-0.2, 0) is 4.79 Å². The lowest BCUT2D eigenvalue weighted by Crippen LogP contribution is -2.27. The average Bonchev–Trinajstić information content (AvgIpc) is 2.16. The van der Waals surface area contributed by atoms with E-state index in [0.29, 0.717) is 18.8 Å².